The fraction of sp³-hybridized carbons (Fsp3) is 0.533. The van der Waals surface area contributed by atoms with Crippen molar-refractivity contribution >= 4 is 29.0 Å². The van der Waals surface area contributed by atoms with Crippen LogP contribution in [-0.2, 0) is 4.79 Å². The van der Waals surface area contributed by atoms with Gasteiger partial charge in [-0.25, -0.2) is 0 Å². The molecule has 1 aromatic carbocycles. The van der Waals surface area contributed by atoms with E-state index < -0.39 is 0 Å². The number of hydrogen-bond donors (Lipinski definition) is 2. The summed E-state index contributed by atoms with van der Waals surface area (Å²) < 4.78 is 0.232. The molecule has 1 saturated heterocycles. The molecule has 0 bridgehead atoms. The molecule has 5 heteroatoms. The maximum absolute atomic E-state index is 12.1. The third-order valence-corrected chi connectivity index (χ3v) is 4.69. The Morgan fingerprint density at radius 3 is 2.90 bits per heavy atom. The summed E-state index contributed by atoms with van der Waals surface area (Å²) in [4.78, 5) is 14.4. The highest BCUT2D eigenvalue weighted by Gasteiger charge is 2.27. The van der Waals surface area contributed by atoms with Gasteiger partial charge in [0.1, 0.15) is 0 Å². The van der Waals surface area contributed by atoms with E-state index in [-0.39, 0.29) is 10.7 Å². The Morgan fingerprint density at radius 2 is 2.25 bits per heavy atom. The summed E-state index contributed by atoms with van der Waals surface area (Å²) in [5, 5.41) is 2.97. The third kappa shape index (κ3) is 4.15. The van der Waals surface area contributed by atoms with Crippen molar-refractivity contribution in [3.05, 3.63) is 23.8 Å². The second-order valence-corrected chi connectivity index (χ2v) is 7.74. The molecule has 1 amide bonds. The number of nitrogens with zero attached hydrogens (tertiary/aromatic N) is 1. The molecular formula is C15H23N3OS. The maximum atomic E-state index is 12.1. The Morgan fingerprint density at radius 1 is 1.50 bits per heavy atom. The smallest absolute Gasteiger partial charge is 0.238 e. The molecule has 0 unspecified atom stereocenters. The van der Waals surface area contributed by atoms with Crippen molar-refractivity contribution in [3.8, 4) is 0 Å². The number of aryl methyl sites for hydroxylation is 1. The van der Waals surface area contributed by atoms with Crippen LogP contribution in [0.1, 0.15) is 19.4 Å². The first-order valence-electron chi connectivity index (χ1n) is 6.88. The van der Waals surface area contributed by atoms with Gasteiger partial charge in [0, 0.05) is 35.0 Å². The Labute approximate surface area is 125 Å². The Hall–Kier alpha value is -1.20. The van der Waals surface area contributed by atoms with E-state index in [1.165, 1.54) is 0 Å². The number of rotatable bonds is 3. The fourth-order valence-corrected chi connectivity index (χ4v) is 3.65. The SMILES string of the molecule is Cc1cc(N)ccc1NC(=O)CN1CCSC(C)(C)C1. The number of hydrogen-bond acceptors (Lipinski definition) is 4. The molecule has 0 aromatic heterocycles. The van der Waals surface area contributed by atoms with Gasteiger partial charge in [0.15, 0.2) is 0 Å². The van der Waals surface area contributed by atoms with Crippen LogP contribution in [0.5, 0.6) is 0 Å². The minimum Gasteiger partial charge on any atom is -0.399 e. The number of nitrogens with one attached hydrogen (secondary N) is 1. The molecule has 1 fully saturated rings. The highest BCUT2D eigenvalue weighted by atomic mass is 32.2. The summed E-state index contributed by atoms with van der Waals surface area (Å²) in [5.41, 5.74) is 8.27. The molecule has 1 aliphatic rings. The Bertz CT molecular complexity index is 502. The van der Waals surface area contributed by atoms with Gasteiger partial charge < -0.3 is 11.1 Å². The average molecular weight is 293 g/mol. The summed E-state index contributed by atoms with van der Waals surface area (Å²) in [6.45, 7) is 8.78. The van der Waals surface area contributed by atoms with Crippen molar-refractivity contribution in [1.29, 1.82) is 0 Å². The Kier molecular flexibility index (Phi) is 4.60. The fourth-order valence-electron chi connectivity index (χ4n) is 2.47. The topological polar surface area (TPSA) is 58.4 Å². The first-order chi connectivity index (χ1) is 9.35. The first-order valence-corrected chi connectivity index (χ1v) is 7.87. The minimum atomic E-state index is 0.0422. The molecule has 4 nitrogen and oxygen atoms in total. The number of carbonyl (C=O) groups excluding carboxylic acids is 1. The summed E-state index contributed by atoms with van der Waals surface area (Å²) in [6.07, 6.45) is 0. The van der Waals surface area contributed by atoms with Crippen molar-refractivity contribution < 1.29 is 4.79 Å². The minimum absolute atomic E-state index is 0.0422. The number of nitrogens with two attached hydrogens (primary N) is 1. The van der Waals surface area contributed by atoms with Gasteiger partial charge in [-0.3, -0.25) is 9.69 Å². The number of thioether (sulfide) groups is 1. The van der Waals surface area contributed by atoms with Crippen LogP contribution in [0, 0.1) is 6.92 Å². The van der Waals surface area contributed by atoms with Crippen molar-refractivity contribution in [2.24, 2.45) is 0 Å². The van der Waals surface area contributed by atoms with Crippen molar-refractivity contribution in [2.75, 3.05) is 36.4 Å². The van der Waals surface area contributed by atoms with Gasteiger partial charge in [0.25, 0.3) is 0 Å². The molecule has 0 aliphatic carbocycles. The van der Waals surface area contributed by atoms with E-state index in [2.05, 4.69) is 24.1 Å². The summed E-state index contributed by atoms with van der Waals surface area (Å²) in [7, 11) is 0. The monoisotopic (exact) mass is 293 g/mol. The second kappa shape index (κ2) is 6.06. The predicted octanol–water partition coefficient (Wildman–Crippen LogP) is 2.34. The van der Waals surface area contributed by atoms with Crippen LogP contribution in [0.15, 0.2) is 18.2 Å². The predicted molar refractivity (Wildman–Crippen MR) is 87.2 cm³/mol. The molecule has 2 rings (SSSR count). The van der Waals surface area contributed by atoms with E-state index in [0.717, 1.165) is 35.8 Å². The van der Waals surface area contributed by atoms with Crippen LogP contribution in [-0.4, -0.2) is 40.9 Å². The van der Waals surface area contributed by atoms with Crippen molar-refractivity contribution in [3.63, 3.8) is 0 Å². The maximum Gasteiger partial charge on any atom is 0.238 e. The summed E-state index contributed by atoms with van der Waals surface area (Å²) in [5.74, 6) is 1.13. The lowest BCUT2D eigenvalue weighted by molar-refractivity contribution is -0.117. The number of carbonyl (C=O) groups is 1. The van der Waals surface area contributed by atoms with E-state index in [1.54, 1.807) is 0 Å². The summed E-state index contributed by atoms with van der Waals surface area (Å²) in [6, 6.07) is 5.54. The largest absolute Gasteiger partial charge is 0.399 e. The van der Waals surface area contributed by atoms with E-state index >= 15 is 0 Å². The molecular weight excluding hydrogens is 270 g/mol. The zero-order valence-corrected chi connectivity index (χ0v) is 13.2. The van der Waals surface area contributed by atoms with Crippen LogP contribution in [0.4, 0.5) is 11.4 Å². The lowest BCUT2D eigenvalue weighted by atomic mass is 10.1. The van der Waals surface area contributed by atoms with Crippen LogP contribution < -0.4 is 11.1 Å². The molecule has 3 N–H and O–H groups in total. The van der Waals surface area contributed by atoms with Gasteiger partial charge >= 0.3 is 0 Å². The van der Waals surface area contributed by atoms with Crippen LogP contribution in [0.2, 0.25) is 0 Å². The lowest BCUT2D eigenvalue weighted by Crippen LogP contribution is -2.46. The summed E-state index contributed by atoms with van der Waals surface area (Å²) >= 11 is 1.97. The zero-order valence-electron chi connectivity index (χ0n) is 12.4. The molecule has 0 radical (unpaired) electrons. The number of benzene rings is 1. The average Bonchev–Trinajstić information content (AvgIpc) is 2.31. The molecule has 1 aromatic rings. The number of nitrogen functional groups attached to an aromatic ring is 1. The highest BCUT2D eigenvalue weighted by molar-refractivity contribution is 8.00. The van der Waals surface area contributed by atoms with E-state index in [1.807, 2.05) is 36.9 Å². The van der Waals surface area contributed by atoms with Gasteiger partial charge in [-0.2, -0.15) is 11.8 Å². The second-order valence-electron chi connectivity index (χ2n) is 5.94. The van der Waals surface area contributed by atoms with Crippen LogP contribution in [0.3, 0.4) is 0 Å². The van der Waals surface area contributed by atoms with Crippen LogP contribution >= 0.6 is 11.8 Å². The van der Waals surface area contributed by atoms with Gasteiger partial charge in [0.05, 0.1) is 6.54 Å². The molecule has 20 heavy (non-hydrogen) atoms. The Balaban J connectivity index is 1.92. The van der Waals surface area contributed by atoms with Gasteiger partial charge in [-0.1, -0.05) is 0 Å². The molecule has 0 saturated carbocycles. The van der Waals surface area contributed by atoms with Crippen molar-refractivity contribution in [2.45, 2.75) is 25.5 Å². The molecule has 0 atom stereocenters. The van der Waals surface area contributed by atoms with E-state index in [9.17, 15) is 4.79 Å². The van der Waals surface area contributed by atoms with Crippen LogP contribution in [0.25, 0.3) is 0 Å². The highest BCUT2D eigenvalue weighted by Crippen LogP contribution is 2.29. The third-order valence-electron chi connectivity index (χ3n) is 3.40. The lowest BCUT2D eigenvalue weighted by Gasteiger charge is -2.37. The zero-order chi connectivity index (χ0) is 14.8. The first kappa shape index (κ1) is 15.2. The molecule has 1 aliphatic heterocycles. The van der Waals surface area contributed by atoms with E-state index in [4.69, 9.17) is 5.73 Å². The number of anilines is 2. The normalized spacial score (nSPS) is 18.8. The van der Waals surface area contributed by atoms with Gasteiger partial charge in [-0.15, -0.1) is 0 Å². The molecule has 1 heterocycles. The van der Waals surface area contributed by atoms with E-state index in [0.29, 0.717) is 6.54 Å². The van der Waals surface area contributed by atoms with Gasteiger partial charge in [0.2, 0.25) is 5.91 Å². The molecule has 0 spiro atoms. The number of amides is 1. The van der Waals surface area contributed by atoms with Crippen molar-refractivity contribution in [1.82, 2.24) is 4.90 Å². The quantitative estimate of drug-likeness (QED) is 0.840. The standard InChI is InChI=1S/C15H23N3OS/c1-11-8-12(16)4-5-13(11)17-14(19)9-18-6-7-20-15(2,3)10-18/h4-5,8H,6-7,9-10,16H2,1-3H3,(H,17,19). The van der Waals surface area contributed by atoms with Gasteiger partial charge in [-0.05, 0) is 44.5 Å². The molecule has 110 valence electrons.